The Morgan fingerprint density at radius 2 is 2.06 bits per heavy atom. The van der Waals surface area contributed by atoms with E-state index >= 15 is 0 Å². The average Bonchev–Trinajstić information content (AvgIpc) is 2.25. The van der Waals surface area contributed by atoms with E-state index < -0.39 is 24.7 Å². The third-order valence-electron chi connectivity index (χ3n) is 2.05. The number of nitrogens with one attached hydrogen (secondary N) is 1. The summed E-state index contributed by atoms with van der Waals surface area (Å²) in [5, 5.41) is 2.38. The number of hydrogen-bond acceptors (Lipinski definition) is 3. The molecule has 0 saturated carbocycles. The molecular weight excluding hydrogens is 249 g/mol. The molecule has 1 aromatic carbocycles. The van der Waals surface area contributed by atoms with E-state index in [0.29, 0.717) is 0 Å². The van der Waals surface area contributed by atoms with Crippen LogP contribution < -0.4 is 15.8 Å². The van der Waals surface area contributed by atoms with Gasteiger partial charge in [-0.2, -0.15) is 13.2 Å². The molecule has 1 aromatic rings. The minimum Gasteiger partial charge on any atom is -0.477 e. The minimum absolute atomic E-state index is 0.0690. The predicted molar refractivity (Wildman–Crippen MR) is 60.3 cm³/mol. The largest absolute Gasteiger partial charge is 0.477 e. The summed E-state index contributed by atoms with van der Waals surface area (Å²) in [6, 6.07) is 5.86. The fourth-order valence-electron chi connectivity index (χ4n) is 1.26. The minimum atomic E-state index is -4.56. The van der Waals surface area contributed by atoms with E-state index in [9.17, 15) is 18.0 Å². The number of amides is 1. The summed E-state index contributed by atoms with van der Waals surface area (Å²) in [5.74, 6) is -0.470. The van der Waals surface area contributed by atoms with E-state index in [1.807, 2.05) is 0 Å². The van der Waals surface area contributed by atoms with Crippen LogP contribution in [0, 0.1) is 0 Å². The molecule has 1 unspecified atom stereocenters. The van der Waals surface area contributed by atoms with Gasteiger partial charge in [0.2, 0.25) is 12.0 Å². The summed E-state index contributed by atoms with van der Waals surface area (Å²) < 4.78 is 42.3. The molecule has 0 aliphatic heterocycles. The summed E-state index contributed by atoms with van der Waals surface area (Å²) in [6.07, 6.45) is -6.66. The van der Waals surface area contributed by atoms with Crippen LogP contribution >= 0.6 is 0 Å². The molecule has 1 atom stereocenters. The topological polar surface area (TPSA) is 64.3 Å². The van der Waals surface area contributed by atoms with E-state index in [-0.39, 0.29) is 11.4 Å². The van der Waals surface area contributed by atoms with Crippen LogP contribution in [0.4, 0.5) is 18.9 Å². The number of benzene rings is 1. The summed E-state index contributed by atoms with van der Waals surface area (Å²) in [4.78, 5) is 10.9. The highest BCUT2D eigenvalue weighted by Gasteiger charge is 2.41. The Kier molecular flexibility index (Phi) is 4.55. The Morgan fingerprint density at radius 1 is 1.44 bits per heavy atom. The van der Waals surface area contributed by atoms with E-state index in [2.05, 4.69) is 5.32 Å². The van der Waals surface area contributed by atoms with Crippen LogP contribution in [0.25, 0.3) is 0 Å². The quantitative estimate of drug-likeness (QED) is 0.871. The van der Waals surface area contributed by atoms with Crippen molar-refractivity contribution in [2.45, 2.75) is 19.2 Å². The van der Waals surface area contributed by atoms with Crippen molar-refractivity contribution in [3.63, 3.8) is 0 Å². The molecule has 0 aliphatic carbocycles. The van der Waals surface area contributed by atoms with Crippen LogP contribution in [0.15, 0.2) is 24.3 Å². The Labute approximate surface area is 102 Å². The number of anilines is 1. The van der Waals surface area contributed by atoms with Crippen molar-refractivity contribution in [3.05, 3.63) is 24.3 Å². The molecular formula is C11H13F3N2O2. The fourth-order valence-corrected chi connectivity index (χ4v) is 1.26. The van der Waals surface area contributed by atoms with Crippen LogP contribution in [0.3, 0.4) is 0 Å². The number of carbonyl (C=O) groups is 1. The Hall–Kier alpha value is -1.76. The first-order valence-corrected chi connectivity index (χ1v) is 5.14. The van der Waals surface area contributed by atoms with Crippen molar-refractivity contribution in [3.8, 4) is 5.75 Å². The number of halogens is 3. The number of ether oxygens (including phenoxy) is 1. The number of nitrogens with two attached hydrogens (primary N) is 1. The first-order valence-electron chi connectivity index (χ1n) is 5.14. The highest BCUT2D eigenvalue weighted by molar-refractivity contribution is 5.90. The highest BCUT2D eigenvalue weighted by Crippen LogP contribution is 2.29. The van der Waals surface area contributed by atoms with Gasteiger partial charge in [-0.1, -0.05) is 12.1 Å². The first-order chi connectivity index (χ1) is 8.34. The van der Waals surface area contributed by atoms with Gasteiger partial charge in [-0.05, 0) is 12.1 Å². The van der Waals surface area contributed by atoms with Gasteiger partial charge in [0.15, 0.2) is 0 Å². The lowest BCUT2D eigenvalue weighted by Crippen LogP contribution is -2.40. The molecule has 0 spiro atoms. The van der Waals surface area contributed by atoms with Crippen molar-refractivity contribution in [2.75, 3.05) is 11.9 Å². The van der Waals surface area contributed by atoms with Gasteiger partial charge in [0, 0.05) is 13.5 Å². The van der Waals surface area contributed by atoms with Crippen LogP contribution in [0.2, 0.25) is 0 Å². The molecule has 1 rings (SSSR count). The van der Waals surface area contributed by atoms with E-state index in [0.717, 1.165) is 0 Å². The lowest BCUT2D eigenvalue weighted by Gasteiger charge is -2.21. The second-order valence-corrected chi connectivity index (χ2v) is 3.56. The normalized spacial score (nSPS) is 12.9. The molecule has 4 nitrogen and oxygen atoms in total. The molecule has 0 saturated heterocycles. The van der Waals surface area contributed by atoms with Gasteiger partial charge >= 0.3 is 6.18 Å². The molecule has 0 heterocycles. The molecule has 100 valence electrons. The standard InChI is InChI=1S/C11H13F3N2O2/c1-7(17)16-8-4-2-3-5-9(8)18-10(6-15)11(12,13)14/h2-5,10H,6,15H2,1H3,(H,16,17). The summed E-state index contributed by atoms with van der Waals surface area (Å²) in [5.41, 5.74) is 5.20. The molecule has 1 amide bonds. The SMILES string of the molecule is CC(=O)Nc1ccccc1OC(CN)C(F)(F)F. The first kappa shape index (κ1) is 14.3. The highest BCUT2D eigenvalue weighted by atomic mass is 19.4. The number of carbonyl (C=O) groups excluding carboxylic acids is 1. The lowest BCUT2D eigenvalue weighted by atomic mass is 10.2. The van der Waals surface area contributed by atoms with Gasteiger partial charge < -0.3 is 15.8 Å². The van der Waals surface area contributed by atoms with Gasteiger partial charge in [0.1, 0.15) is 5.75 Å². The fraction of sp³-hybridized carbons (Fsp3) is 0.364. The van der Waals surface area contributed by atoms with Gasteiger partial charge in [-0.3, -0.25) is 4.79 Å². The molecule has 18 heavy (non-hydrogen) atoms. The number of para-hydroxylation sites is 2. The van der Waals surface area contributed by atoms with E-state index in [1.165, 1.54) is 25.1 Å². The monoisotopic (exact) mass is 262 g/mol. The maximum atomic E-state index is 12.5. The molecule has 3 N–H and O–H groups in total. The average molecular weight is 262 g/mol. The van der Waals surface area contributed by atoms with E-state index in [4.69, 9.17) is 10.5 Å². The van der Waals surface area contributed by atoms with Crippen LogP contribution in [-0.4, -0.2) is 24.7 Å². The van der Waals surface area contributed by atoms with Gasteiger partial charge in [-0.15, -0.1) is 0 Å². The maximum absolute atomic E-state index is 12.5. The van der Waals surface area contributed by atoms with Gasteiger partial charge in [-0.25, -0.2) is 0 Å². The smallest absolute Gasteiger partial charge is 0.426 e. The van der Waals surface area contributed by atoms with Crippen LogP contribution in [0.5, 0.6) is 5.75 Å². The van der Waals surface area contributed by atoms with Crippen molar-refractivity contribution in [2.24, 2.45) is 5.73 Å². The van der Waals surface area contributed by atoms with E-state index in [1.54, 1.807) is 6.07 Å². The second kappa shape index (κ2) is 5.72. The van der Waals surface area contributed by atoms with Crippen molar-refractivity contribution in [1.82, 2.24) is 0 Å². The number of alkyl halides is 3. The van der Waals surface area contributed by atoms with Crippen molar-refractivity contribution < 1.29 is 22.7 Å². The maximum Gasteiger partial charge on any atom is 0.426 e. The number of rotatable bonds is 4. The second-order valence-electron chi connectivity index (χ2n) is 3.56. The Bertz CT molecular complexity index is 421. The third-order valence-corrected chi connectivity index (χ3v) is 2.05. The molecule has 0 fully saturated rings. The van der Waals surface area contributed by atoms with Crippen molar-refractivity contribution in [1.29, 1.82) is 0 Å². The third kappa shape index (κ3) is 3.92. The summed E-state index contributed by atoms with van der Waals surface area (Å²) in [6.45, 7) is 0.554. The zero-order chi connectivity index (χ0) is 13.8. The van der Waals surface area contributed by atoms with Crippen LogP contribution in [-0.2, 0) is 4.79 Å². The van der Waals surface area contributed by atoms with Crippen molar-refractivity contribution >= 4 is 11.6 Å². The van der Waals surface area contributed by atoms with Gasteiger partial charge in [0.25, 0.3) is 0 Å². The molecule has 0 aromatic heterocycles. The van der Waals surface area contributed by atoms with Crippen LogP contribution in [0.1, 0.15) is 6.92 Å². The molecule has 0 aliphatic rings. The molecule has 7 heteroatoms. The predicted octanol–water partition coefficient (Wildman–Crippen LogP) is 1.91. The number of hydrogen-bond donors (Lipinski definition) is 2. The zero-order valence-electron chi connectivity index (χ0n) is 9.62. The summed E-state index contributed by atoms with van der Waals surface area (Å²) >= 11 is 0. The molecule has 0 radical (unpaired) electrons. The van der Waals surface area contributed by atoms with Gasteiger partial charge in [0.05, 0.1) is 5.69 Å². The Morgan fingerprint density at radius 3 is 2.56 bits per heavy atom. The lowest BCUT2D eigenvalue weighted by molar-refractivity contribution is -0.191. The Balaban J connectivity index is 2.92. The molecule has 0 bridgehead atoms. The summed E-state index contributed by atoms with van der Waals surface area (Å²) in [7, 11) is 0. The zero-order valence-corrected chi connectivity index (χ0v) is 9.62.